The number of halogens is 1. The van der Waals surface area contributed by atoms with Crippen molar-refractivity contribution in [3.8, 4) is 0 Å². The van der Waals surface area contributed by atoms with Crippen molar-refractivity contribution < 1.29 is 19.0 Å². The minimum absolute atomic E-state index is 0.428. The molecule has 0 radical (unpaired) electrons. The third-order valence-corrected chi connectivity index (χ3v) is 4.51. The van der Waals surface area contributed by atoms with E-state index in [9.17, 15) is 4.79 Å². The lowest BCUT2D eigenvalue weighted by Crippen LogP contribution is -2.27. The highest BCUT2D eigenvalue weighted by molar-refractivity contribution is 14.1. The number of carbonyl (C=O) groups is 1. The number of carbonyl (C=O) groups excluding carboxylic acids is 1. The highest BCUT2D eigenvalue weighted by Gasteiger charge is 2.43. The van der Waals surface area contributed by atoms with Crippen LogP contribution in [0.1, 0.15) is 23.5 Å². The van der Waals surface area contributed by atoms with Gasteiger partial charge in [0, 0.05) is 9.13 Å². The van der Waals surface area contributed by atoms with Gasteiger partial charge in [0.2, 0.25) is 0 Å². The fourth-order valence-corrected chi connectivity index (χ4v) is 3.14. The first-order valence-electron chi connectivity index (χ1n) is 6.89. The number of rotatable bonds is 3. The van der Waals surface area contributed by atoms with Crippen LogP contribution in [0.25, 0.3) is 0 Å². The molecule has 3 rings (SSSR count). The van der Waals surface area contributed by atoms with Crippen LogP contribution in [-0.4, -0.2) is 19.2 Å². The molecule has 0 aliphatic carbocycles. The summed E-state index contributed by atoms with van der Waals surface area (Å²) >= 11 is 2.23. The Morgan fingerprint density at radius 2 is 1.73 bits per heavy atom. The molecule has 22 heavy (non-hydrogen) atoms. The van der Waals surface area contributed by atoms with Gasteiger partial charge in [0.05, 0.1) is 7.11 Å². The molecule has 0 amide bonds. The number of benzene rings is 2. The van der Waals surface area contributed by atoms with E-state index < -0.39 is 24.5 Å². The van der Waals surface area contributed by atoms with Gasteiger partial charge in [-0.3, -0.25) is 0 Å². The maximum atomic E-state index is 12.1. The second kappa shape index (κ2) is 6.76. The van der Waals surface area contributed by atoms with Gasteiger partial charge in [0.25, 0.3) is 0 Å². The summed E-state index contributed by atoms with van der Waals surface area (Å²) < 4.78 is 17.7. The first kappa shape index (κ1) is 15.5. The summed E-state index contributed by atoms with van der Waals surface area (Å²) in [5.74, 6) is -0.428. The van der Waals surface area contributed by atoms with E-state index in [0.717, 1.165) is 14.7 Å². The molecule has 1 fully saturated rings. The predicted molar refractivity (Wildman–Crippen MR) is 89.1 cm³/mol. The summed E-state index contributed by atoms with van der Waals surface area (Å²) in [6.07, 6.45) is -1.83. The Kier molecular flexibility index (Phi) is 4.75. The van der Waals surface area contributed by atoms with Crippen LogP contribution in [0.5, 0.6) is 0 Å². The molecule has 0 N–H and O–H groups in total. The lowest BCUT2D eigenvalue weighted by Gasteiger charge is -2.16. The minimum Gasteiger partial charge on any atom is -0.467 e. The normalized spacial score (nSPS) is 24.2. The summed E-state index contributed by atoms with van der Waals surface area (Å²) in [7, 11) is 1.36. The van der Waals surface area contributed by atoms with Crippen molar-refractivity contribution in [2.45, 2.75) is 18.5 Å². The molecule has 1 aliphatic heterocycles. The van der Waals surface area contributed by atoms with Crippen LogP contribution in [0.15, 0.2) is 54.6 Å². The van der Waals surface area contributed by atoms with E-state index in [1.54, 1.807) is 0 Å². The van der Waals surface area contributed by atoms with Gasteiger partial charge in [-0.05, 0) is 34.2 Å². The molecule has 2 unspecified atom stereocenters. The van der Waals surface area contributed by atoms with Crippen molar-refractivity contribution in [1.82, 2.24) is 0 Å². The van der Waals surface area contributed by atoms with E-state index in [1.165, 1.54) is 7.11 Å². The van der Waals surface area contributed by atoms with Crippen LogP contribution in [0.2, 0.25) is 0 Å². The van der Waals surface area contributed by atoms with Gasteiger partial charge in [-0.2, -0.15) is 0 Å². The van der Waals surface area contributed by atoms with Gasteiger partial charge in [0.15, 0.2) is 12.4 Å². The Hall–Kier alpha value is -1.44. The molecule has 1 heterocycles. The number of esters is 1. The van der Waals surface area contributed by atoms with Crippen molar-refractivity contribution in [2.24, 2.45) is 0 Å². The Morgan fingerprint density at radius 1 is 1.05 bits per heavy atom. The standard InChI is InChI=1S/C17H15IO4/c1-20-16(19)15-14(12-9-5-6-10-13(12)18)21-17(22-15)11-7-3-2-4-8-11/h2-10,14-15,17H,1H3/t14?,15-,17?/m0/s1. The molecule has 2 aromatic rings. The Morgan fingerprint density at radius 3 is 2.41 bits per heavy atom. The highest BCUT2D eigenvalue weighted by atomic mass is 127. The number of methoxy groups -OCH3 is 1. The SMILES string of the molecule is COC(=O)[C@H]1OC(c2ccccc2)OC1c1ccccc1I. The van der Waals surface area contributed by atoms with Crippen molar-refractivity contribution in [3.63, 3.8) is 0 Å². The zero-order valence-electron chi connectivity index (χ0n) is 11.9. The zero-order chi connectivity index (χ0) is 15.5. The maximum Gasteiger partial charge on any atom is 0.338 e. The highest BCUT2D eigenvalue weighted by Crippen LogP contribution is 2.41. The second-order valence-electron chi connectivity index (χ2n) is 4.90. The Balaban J connectivity index is 1.93. The first-order valence-corrected chi connectivity index (χ1v) is 7.96. The molecule has 0 aromatic heterocycles. The molecule has 1 saturated heterocycles. The van der Waals surface area contributed by atoms with Gasteiger partial charge < -0.3 is 14.2 Å². The minimum atomic E-state index is -0.772. The topological polar surface area (TPSA) is 44.8 Å². The van der Waals surface area contributed by atoms with Crippen LogP contribution in [0.3, 0.4) is 0 Å². The second-order valence-corrected chi connectivity index (χ2v) is 6.06. The summed E-state index contributed by atoms with van der Waals surface area (Å²) in [5.41, 5.74) is 1.81. The average Bonchev–Trinajstić information content (AvgIpc) is 3.00. The average molecular weight is 410 g/mol. The van der Waals surface area contributed by atoms with Gasteiger partial charge in [-0.15, -0.1) is 0 Å². The third-order valence-electron chi connectivity index (χ3n) is 3.53. The summed E-state index contributed by atoms with van der Waals surface area (Å²) in [6, 6.07) is 17.4. The van der Waals surface area contributed by atoms with Gasteiger partial charge in [0.1, 0.15) is 6.10 Å². The quantitative estimate of drug-likeness (QED) is 0.573. The van der Waals surface area contributed by atoms with Gasteiger partial charge in [-0.1, -0.05) is 48.5 Å². The summed E-state index contributed by atoms with van der Waals surface area (Å²) in [6.45, 7) is 0. The largest absolute Gasteiger partial charge is 0.467 e. The van der Waals surface area contributed by atoms with Crippen LogP contribution < -0.4 is 0 Å². The molecule has 114 valence electrons. The summed E-state index contributed by atoms with van der Waals surface area (Å²) in [5, 5.41) is 0. The summed E-state index contributed by atoms with van der Waals surface area (Å²) in [4.78, 5) is 12.1. The third kappa shape index (κ3) is 3.02. The molecule has 0 bridgehead atoms. The van der Waals surface area contributed by atoms with E-state index in [-0.39, 0.29) is 0 Å². The Bertz CT molecular complexity index is 659. The molecule has 4 nitrogen and oxygen atoms in total. The molecule has 1 aliphatic rings. The predicted octanol–water partition coefficient (Wildman–Crippen LogP) is 3.62. The molecule has 0 spiro atoms. The zero-order valence-corrected chi connectivity index (χ0v) is 14.1. The van der Waals surface area contributed by atoms with Crippen molar-refractivity contribution in [2.75, 3.05) is 7.11 Å². The maximum absolute atomic E-state index is 12.1. The molecule has 2 aromatic carbocycles. The number of hydrogen-bond donors (Lipinski definition) is 0. The van der Waals surface area contributed by atoms with Crippen molar-refractivity contribution in [3.05, 3.63) is 69.3 Å². The Labute approximate surface area is 142 Å². The molecule has 0 saturated carbocycles. The smallest absolute Gasteiger partial charge is 0.338 e. The van der Waals surface area contributed by atoms with Gasteiger partial charge >= 0.3 is 5.97 Å². The number of hydrogen-bond acceptors (Lipinski definition) is 4. The lowest BCUT2D eigenvalue weighted by molar-refractivity contribution is -0.154. The monoisotopic (exact) mass is 410 g/mol. The van der Waals surface area contributed by atoms with Crippen LogP contribution in [0, 0.1) is 3.57 Å². The van der Waals surface area contributed by atoms with E-state index >= 15 is 0 Å². The molecular weight excluding hydrogens is 395 g/mol. The van der Waals surface area contributed by atoms with E-state index in [4.69, 9.17) is 14.2 Å². The van der Waals surface area contributed by atoms with Crippen LogP contribution in [0.4, 0.5) is 0 Å². The van der Waals surface area contributed by atoms with E-state index in [0.29, 0.717) is 0 Å². The fourth-order valence-electron chi connectivity index (χ4n) is 2.45. The van der Waals surface area contributed by atoms with Gasteiger partial charge in [-0.25, -0.2) is 4.79 Å². The van der Waals surface area contributed by atoms with Crippen LogP contribution >= 0.6 is 22.6 Å². The number of ether oxygens (including phenoxy) is 3. The van der Waals surface area contributed by atoms with E-state index in [2.05, 4.69) is 22.6 Å². The lowest BCUT2D eigenvalue weighted by atomic mass is 10.0. The molecule has 5 heteroatoms. The van der Waals surface area contributed by atoms with Crippen molar-refractivity contribution in [1.29, 1.82) is 0 Å². The van der Waals surface area contributed by atoms with E-state index in [1.807, 2.05) is 54.6 Å². The molecular formula is C17H15IO4. The van der Waals surface area contributed by atoms with Crippen LogP contribution in [-0.2, 0) is 19.0 Å². The molecule has 3 atom stereocenters. The first-order chi connectivity index (χ1) is 10.7. The fraction of sp³-hybridized carbons (Fsp3) is 0.235. The van der Waals surface area contributed by atoms with Crippen molar-refractivity contribution >= 4 is 28.6 Å².